The maximum absolute atomic E-state index is 13.2. The van der Waals surface area contributed by atoms with E-state index in [0.717, 1.165) is 11.1 Å². The molecule has 9 nitrogen and oxygen atoms in total. The molecular weight excluding hydrogens is 414 g/mol. The second-order valence-corrected chi connectivity index (χ2v) is 8.47. The van der Waals surface area contributed by atoms with E-state index in [1.807, 2.05) is 44.2 Å². The minimum Gasteiger partial charge on any atom is -0.480 e. The summed E-state index contributed by atoms with van der Waals surface area (Å²) in [7, 11) is 0. The van der Waals surface area contributed by atoms with E-state index >= 15 is 0 Å². The number of nitrogens with zero attached hydrogens (tertiary/aromatic N) is 1. The van der Waals surface area contributed by atoms with Crippen LogP contribution >= 0.6 is 0 Å². The third-order valence-electron chi connectivity index (χ3n) is 5.90. The summed E-state index contributed by atoms with van der Waals surface area (Å²) < 4.78 is 5.13. The summed E-state index contributed by atoms with van der Waals surface area (Å²) >= 11 is 0. The molecular formula is C23H29N3O6. The Kier molecular flexibility index (Phi) is 7.17. The van der Waals surface area contributed by atoms with Crippen LogP contribution in [0.15, 0.2) is 41.6 Å². The molecule has 3 N–H and O–H groups in total. The average Bonchev–Trinajstić information content (AvgIpc) is 3.19. The highest BCUT2D eigenvalue weighted by Gasteiger charge is 2.46. The molecule has 1 aromatic carbocycles. The number of carbonyl (C=O) groups is 4. The van der Waals surface area contributed by atoms with Crippen LogP contribution in [0.4, 0.5) is 4.79 Å². The molecule has 9 heteroatoms. The van der Waals surface area contributed by atoms with Crippen LogP contribution in [0.3, 0.4) is 0 Å². The van der Waals surface area contributed by atoms with Crippen LogP contribution in [0.2, 0.25) is 0 Å². The Balaban J connectivity index is 1.65. The number of nitrogens with one attached hydrogen (secondary N) is 2. The van der Waals surface area contributed by atoms with Gasteiger partial charge in [-0.3, -0.25) is 9.59 Å². The van der Waals surface area contributed by atoms with E-state index in [4.69, 9.17) is 4.74 Å². The van der Waals surface area contributed by atoms with Crippen molar-refractivity contribution in [1.29, 1.82) is 0 Å². The van der Waals surface area contributed by atoms with Crippen molar-refractivity contribution in [2.75, 3.05) is 0 Å². The summed E-state index contributed by atoms with van der Waals surface area (Å²) in [5, 5.41) is 14.6. The number of hydrogen-bond donors (Lipinski definition) is 3. The number of hydrogen-bond acceptors (Lipinski definition) is 5. The van der Waals surface area contributed by atoms with Crippen molar-refractivity contribution in [3.8, 4) is 0 Å². The van der Waals surface area contributed by atoms with Gasteiger partial charge in [0.05, 0.1) is 0 Å². The SMILES string of the molecule is CC(C)C1=C(NC(=O)[C@H](C)NC(=O)OCc2ccccc2)C(=O)N2[C@H](CC[C@H]2C(=O)O)C1. The molecule has 3 atom stereocenters. The Hall–Kier alpha value is -3.36. The van der Waals surface area contributed by atoms with Gasteiger partial charge in [0.2, 0.25) is 5.91 Å². The number of alkyl carbamates (subject to hydrolysis) is 1. The van der Waals surface area contributed by atoms with Gasteiger partial charge in [0.15, 0.2) is 0 Å². The van der Waals surface area contributed by atoms with Crippen LogP contribution in [0.5, 0.6) is 0 Å². The van der Waals surface area contributed by atoms with E-state index in [2.05, 4.69) is 10.6 Å². The van der Waals surface area contributed by atoms with Crippen LogP contribution < -0.4 is 10.6 Å². The molecule has 3 rings (SSSR count). The molecule has 2 heterocycles. The number of benzene rings is 1. The van der Waals surface area contributed by atoms with E-state index in [9.17, 15) is 24.3 Å². The monoisotopic (exact) mass is 443 g/mol. The van der Waals surface area contributed by atoms with Gasteiger partial charge in [0.1, 0.15) is 24.4 Å². The molecule has 0 unspecified atom stereocenters. The molecule has 0 saturated carbocycles. The zero-order valence-corrected chi connectivity index (χ0v) is 18.5. The van der Waals surface area contributed by atoms with Crippen molar-refractivity contribution < 1.29 is 29.0 Å². The minimum atomic E-state index is -1.05. The van der Waals surface area contributed by atoms with E-state index in [1.54, 1.807) is 0 Å². The van der Waals surface area contributed by atoms with Gasteiger partial charge in [-0.25, -0.2) is 9.59 Å². The summed E-state index contributed by atoms with van der Waals surface area (Å²) in [5.74, 6) is -2.11. The molecule has 0 radical (unpaired) electrons. The molecule has 3 amide bonds. The predicted octanol–water partition coefficient (Wildman–Crippen LogP) is 2.18. The molecule has 1 fully saturated rings. The number of amides is 3. The van der Waals surface area contributed by atoms with Crippen molar-refractivity contribution in [2.24, 2.45) is 5.92 Å². The van der Waals surface area contributed by atoms with Crippen LogP contribution in [0.1, 0.15) is 45.6 Å². The van der Waals surface area contributed by atoms with E-state index in [1.165, 1.54) is 11.8 Å². The Bertz CT molecular complexity index is 927. The first-order valence-electron chi connectivity index (χ1n) is 10.8. The van der Waals surface area contributed by atoms with E-state index < -0.39 is 36.0 Å². The normalized spacial score (nSPS) is 21.2. The lowest BCUT2D eigenvalue weighted by Gasteiger charge is -2.36. The van der Waals surface area contributed by atoms with Gasteiger partial charge in [0.25, 0.3) is 5.91 Å². The van der Waals surface area contributed by atoms with Gasteiger partial charge in [-0.2, -0.15) is 0 Å². The average molecular weight is 444 g/mol. The Morgan fingerprint density at radius 2 is 1.84 bits per heavy atom. The molecule has 172 valence electrons. The van der Waals surface area contributed by atoms with Crippen LogP contribution in [0, 0.1) is 5.92 Å². The zero-order chi connectivity index (χ0) is 23.4. The Morgan fingerprint density at radius 3 is 2.47 bits per heavy atom. The van der Waals surface area contributed by atoms with Crippen molar-refractivity contribution in [3.05, 3.63) is 47.2 Å². The first-order valence-corrected chi connectivity index (χ1v) is 10.8. The van der Waals surface area contributed by atoms with E-state index in [-0.39, 0.29) is 24.3 Å². The fourth-order valence-electron chi connectivity index (χ4n) is 4.15. The number of ether oxygens (including phenoxy) is 1. The molecule has 1 saturated heterocycles. The summed E-state index contributed by atoms with van der Waals surface area (Å²) in [5.41, 5.74) is 1.71. The molecule has 2 aliphatic heterocycles. The summed E-state index contributed by atoms with van der Waals surface area (Å²) in [6.45, 7) is 5.41. The highest BCUT2D eigenvalue weighted by Crippen LogP contribution is 2.37. The van der Waals surface area contributed by atoms with Gasteiger partial charge in [0, 0.05) is 6.04 Å². The van der Waals surface area contributed by atoms with Crippen molar-refractivity contribution in [2.45, 2.75) is 64.8 Å². The van der Waals surface area contributed by atoms with Gasteiger partial charge >= 0.3 is 12.1 Å². The first kappa shape index (κ1) is 23.3. The maximum atomic E-state index is 13.2. The van der Waals surface area contributed by atoms with Crippen LogP contribution in [-0.2, 0) is 25.7 Å². The fourth-order valence-corrected chi connectivity index (χ4v) is 4.15. The van der Waals surface area contributed by atoms with Crippen molar-refractivity contribution >= 4 is 23.9 Å². The number of fused-ring (bicyclic) bond motifs is 1. The lowest BCUT2D eigenvalue weighted by molar-refractivity contribution is -0.148. The smallest absolute Gasteiger partial charge is 0.408 e. The quantitative estimate of drug-likeness (QED) is 0.593. The molecule has 0 aromatic heterocycles. The molecule has 32 heavy (non-hydrogen) atoms. The second kappa shape index (κ2) is 9.84. The van der Waals surface area contributed by atoms with E-state index in [0.29, 0.717) is 19.3 Å². The lowest BCUT2D eigenvalue weighted by atomic mass is 9.89. The van der Waals surface area contributed by atoms with Crippen molar-refractivity contribution in [3.63, 3.8) is 0 Å². The number of carbonyl (C=O) groups excluding carboxylic acids is 3. The summed E-state index contributed by atoms with van der Waals surface area (Å²) in [4.78, 5) is 50.9. The third-order valence-corrected chi connectivity index (χ3v) is 5.90. The topological polar surface area (TPSA) is 125 Å². The molecule has 2 aliphatic rings. The lowest BCUT2D eigenvalue weighted by Crippen LogP contribution is -2.53. The predicted molar refractivity (Wildman–Crippen MR) is 115 cm³/mol. The number of rotatable bonds is 7. The minimum absolute atomic E-state index is 0.000573. The standard InChI is InChI=1S/C23H29N3O6/c1-13(2)17-11-16-9-10-18(22(29)30)26(16)21(28)19(17)25-20(27)14(3)24-23(31)32-12-15-7-5-4-6-8-15/h4-8,13-14,16,18H,9-12H2,1-3H3,(H,24,31)(H,25,27)(H,29,30)/t14-,16+,18-/m0/s1. The molecule has 0 bridgehead atoms. The highest BCUT2D eigenvalue weighted by molar-refractivity contribution is 6.02. The maximum Gasteiger partial charge on any atom is 0.408 e. The summed E-state index contributed by atoms with van der Waals surface area (Å²) in [6.07, 6.45) is 0.772. The number of aliphatic carboxylic acids is 1. The Morgan fingerprint density at radius 1 is 1.16 bits per heavy atom. The van der Waals surface area contributed by atoms with Crippen LogP contribution in [0.25, 0.3) is 0 Å². The van der Waals surface area contributed by atoms with Crippen molar-refractivity contribution in [1.82, 2.24) is 15.5 Å². The van der Waals surface area contributed by atoms with Gasteiger partial charge < -0.3 is 25.4 Å². The number of carboxylic acids is 1. The molecule has 1 aromatic rings. The largest absolute Gasteiger partial charge is 0.480 e. The summed E-state index contributed by atoms with van der Waals surface area (Å²) in [6, 6.07) is 7.11. The molecule has 0 spiro atoms. The van der Waals surface area contributed by atoms with Gasteiger partial charge in [-0.1, -0.05) is 44.2 Å². The number of carboxylic acid groups (broad SMARTS) is 1. The second-order valence-electron chi connectivity index (χ2n) is 8.47. The van der Waals surface area contributed by atoms with Gasteiger partial charge in [-0.15, -0.1) is 0 Å². The first-order chi connectivity index (χ1) is 15.2. The molecule has 0 aliphatic carbocycles. The van der Waals surface area contributed by atoms with Gasteiger partial charge in [-0.05, 0) is 43.2 Å². The Labute approximate surface area is 186 Å². The zero-order valence-electron chi connectivity index (χ0n) is 18.5. The van der Waals surface area contributed by atoms with Crippen LogP contribution in [-0.4, -0.2) is 52.0 Å². The third kappa shape index (κ3) is 5.09. The fraction of sp³-hybridized carbons (Fsp3) is 0.478. The highest BCUT2D eigenvalue weighted by atomic mass is 16.5.